The molecule has 0 saturated heterocycles. The first-order valence-electron chi connectivity index (χ1n) is 5.75. The molecule has 0 saturated carbocycles. The molecule has 0 unspecified atom stereocenters. The Balaban J connectivity index is 2.89. The van der Waals surface area contributed by atoms with Gasteiger partial charge in [-0.05, 0) is 25.1 Å². The van der Waals surface area contributed by atoms with Crippen LogP contribution in [0, 0.1) is 0 Å². The van der Waals surface area contributed by atoms with Gasteiger partial charge in [0.25, 0.3) is 0 Å². The molecule has 1 aromatic carbocycles. The van der Waals surface area contributed by atoms with Gasteiger partial charge in [0.05, 0.1) is 17.4 Å². The molecule has 1 N–H and O–H groups in total. The van der Waals surface area contributed by atoms with Crippen LogP contribution in [0.4, 0.5) is 0 Å². The Labute approximate surface area is 115 Å². The van der Waals surface area contributed by atoms with Gasteiger partial charge >= 0.3 is 11.9 Å². The highest BCUT2D eigenvalue weighted by atomic mass is 16.6. The number of carbonyl (C=O) groups excluding carboxylic acids is 2. The van der Waals surface area contributed by atoms with Crippen LogP contribution in [-0.4, -0.2) is 36.0 Å². The summed E-state index contributed by atoms with van der Waals surface area (Å²) in [5.41, 5.74) is -0.0721. The molecule has 0 spiro atoms. The lowest BCUT2D eigenvalue weighted by Crippen LogP contribution is -2.12. The first-order valence-corrected chi connectivity index (χ1v) is 5.75. The van der Waals surface area contributed by atoms with Crippen LogP contribution in [0.2, 0.25) is 0 Å². The zero-order valence-corrected chi connectivity index (χ0v) is 10.9. The number of ether oxygens (including phenoxy) is 2. The molecule has 0 atom stereocenters. The normalized spacial score (nSPS) is 9.65. The average Bonchev–Trinajstić information content (AvgIpc) is 2.42. The molecule has 6 nitrogen and oxygen atoms in total. The third kappa shape index (κ3) is 3.94. The fourth-order valence-electron chi connectivity index (χ4n) is 1.50. The van der Waals surface area contributed by atoms with Crippen LogP contribution in [0.3, 0.4) is 0 Å². The number of carbonyl (C=O) groups is 3. The van der Waals surface area contributed by atoms with E-state index in [-0.39, 0.29) is 29.9 Å². The van der Waals surface area contributed by atoms with Gasteiger partial charge in [-0.3, -0.25) is 4.79 Å². The zero-order chi connectivity index (χ0) is 15.1. The molecular weight excluding hydrogens is 264 g/mol. The first-order chi connectivity index (χ1) is 9.47. The van der Waals surface area contributed by atoms with Gasteiger partial charge < -0.3 is 14.6 Å². The van der Waals surface area contributed by atoms with E-state index in [2.05, 4.69) is 6.58 Å². The van der Waals surface area contributed by atoms with Gasteiger partial charge in [0.1, 0.15) is 13.2 Å². The van der Waals surface area contributed by atoms with Crippen molar-refractivity contribution in [3.63, 3.8) is 0 Å². The number of carboxylic acids is 1. The van der Waals surface area contributed by atoms with Crippen LogP contribution < -0.4 is 0 Å². The molecule has 0 aromatic heterocycles. The smallest absolute Gasteiger partial charge is 0.338 e. The van der Waals surface area contributed by atoms with Crippen molar-refractivity contribution >= 4 is 17.7 Å². The van der Waals surface area contributed by atoms with Crippen molar-refractivity contribution in [2.24, 2.45) is 0 Å². The van der Waals surface area contributed by atoms with Crippen LogP contribution >= 0.6 is 0 Å². The van der Waals surface area contributed by atoms with Gasteiger partial charge in [0.15, 0.2) is 5.78 Å². The van der Waals surface area contributed by atoms with Gasteiger partial charge in [-0.1, -0.05) is 6.58 Å². The van der Waals surface area contributed by atoms with E-state index in [1.807, 2.05) is 0 Å². The van der Waals surface area contributed by atoms with E-state index in [9.17, 15) is 14.4 Å². The number of aromatic carboxylic acids is 1. The van der Waals surface area contributed by atoms with Crippen LogP contribution in [0.15, 0.2) is 31.0 Å². The quantitative estimate of drug-likeness (QED) is 0.354. The number of Topliss-reactive ketones (excluding diaryl/α,β-unsaturated/α-hetero) is 1. The van der Waals surface area contributed by atoms with E-state index < -0.39 is 17.7 Å². The lowest BCUT2D eigenvalue weighted by atomic mass is 10.0. The standard InChI is InChI=1S/C14H14O6/c1-3-19-6-7-20-14(18)10-4-5-11(13(16)17)12(8-10)9(2)15/h3-5,8H,1,6-7H2,2H3,(H,16,17). The molecular formula is C14H14O6. The van der Waals surface area contributed by atoms with Crippen LogP contribution in [0.5, 0.6) is 0 Å². The second-order valence-corrected chi connectivity index (χ2v) is 3.80. The lowest BCUT2D eigenvalue weighted by Gasteiger charge is -2.07. The highest BCUT2D eigenvalue weighted by Crippen LogP contribution is 2.14. The van der Waals surface area contributed by atoms with Crippen molar-refractivity contribution in [3.05, 3.63) is 47.7 Å². The maximum Gasteiger partial charge on any atom is 0.338 e. The monoisotopic (exact) mass is 278 g/mol. The molecule has 1 rings (SSSR count). The Morgan fingerprint density at radius 2 is 1.95 bits per heavy atom. The fraction of sp³-hybridized carbons (Fsp3) is 0.214. The largest absolute Gasteiger partial charge is 0.498 e. The molecule has 6 heteroatoms. The van der Waals surface area contributed by atoms with E-state index in [0.717, 1.165) is 0 Å². The number of benzene rings is 1. The second kappa shape index (κ2) is 7.08. The fourth-order valence-corrected chi connectivity index (χ4v) is 1.50. The SMILES string of the molecule is C=COCCOC(=O)c1ccc(C(=O)O)c(C(C)=O)c1. The zero-order valence-electron chi connectivity index (χ0n) is 10.9. The van der Waals surface area contributed by atoms with Crippen molar-refractivity contribution in [2.75, 3.05) is 13.2 Å². The number of ketones is 1. The van der Waals surface area contributed by atoms with Gasteiger partial charge in [-0.2, -0.15) is 0 Å². The van der Waals surface area contributed by atoms with E-state index in [1.165, 1.54) is 31.4 Å². The van der Waals surface area contributed by atoms with Gasteiger partial charge in [-0.15, -0.1) is 0 Å². The van der Waals surface area contributed by atoms with Crippen LogP contribution in [0.1, 0.15) is 38.0 Å². The molecule has 0 aliphatic heterocycles. The Morgan fingerprint density at radius 1 is 1.25 bits per heavy atom. The third-order valence-corrected chi connectivity index (χ3v) is 2.42. The summed E-state index contributed by atoms with van der Waals surface area (Å²) < 4.78 is 9.68. The molecule has 0 fully saturated rings. The third-order valence-electron chi connectivity index (χ3n) is 2.42. The minimum Gasteiger partial charge on any atom is -0.498 e. The van der Waals surface area contributed by atoms with Crippen molar-refractivity contribution < 1.29 is 29.0 Å². The molecule has 0 aliphatic carbocycles. The maximum absolute atomic E-state index is 11.7. The molecule has 0 heterocycles. The minimum atomic E-state index is -1.23. The molecule has 20 heavy (non-hydrogen) atoms. The Hall–Kier alpha value is -2.63. The molecule has 0 aliphatic rings. The summed E-state index contributed by atoms with van der Waals surface area (Å²) in [5.74, 6) is -2.32. The van der Waals surface area contributed by atoms with E-state index in [4.69, 9.17) is 14.6 Å². The molecule has 0 amide bonds. The molecule has 1 aromatic rings. The summed E-state index contributed by atoms with van der Waals surface area (Å²) in [7, 11) is 0. The summed E-state index contributed by atoms with van der Waals surface area (Å²) in [6.07, 6.45) is 1.23. The Bertz CT molecular complexity index is 547. The Kier molecular flexibility index (Phi) is 5.46. The summed E-state index contributed by atoms with van der Waals surface area (Å²) in [6.45, 7) is 4.77. The molecule has 0 bridgehead atoms. The summed E-state index contributed by atoms with van der Waals surface area (Å²) in [4.78, 5) is 34.1. The summed E-state index contributed by atoms with van der Waals surface area (Å²) >= 11 is 0. The Morgan fingerprint density at radius 3 is 2.50 bits per heavy atom. The van der Waals surface area contributed by atoms with Crippen LogP contribution in [-0.2, 0) is 9.47 Å². The summed E-state index contributed by atoms with van der Waals surface area (Å²) in [5, 5.41) is 8.95. The highest BCUT2D eigenvalue weighted by Gasteiger charge is 2.17. The van der Waals surface area contributed by atoms with E-state index >= 15 is 0 Å². The van der Waals surface area contributed by atoms with Gasteiger partial charge in [0, 0.05) is 5.56 Å². The minimum absolute atomic E-state index is 0.0287. The number of rotatable bonds is 7. The van der Waals surface area contributed by atoms with Gasteiger partial charge in [0.2, 0.25) is 0 Å². The van der Waals surface area contributed by atoms with Crippen molar-refractivity contribution in [1.29, 1.82) is 0 Å². The van der Waals surface area contributed by atoms with Crippen molar-refractivity contribution in [3.8, 4) is 0 Å². The average molecular weight is 278 g/mol. The number of hydrogen-bond donors (Lipinski definition) is 1. The lowest BCUT2D eigenvalue weighted by molar-refractivity contribution is 0.0420. The maximum atomic E-state index is 11.7. The predicted molar refractivity (Wildman–Crippen MR) is 69.8 cm³/mol. The first kappa shape index (κ1) is 15.4. The highest BCUT2D eigenvalue weighted by molar-refractivity contribution is 6.06. The number of carboxylic acid groups (broad SMARTS) is 1. The molecule has 106 valence electrons. The van der Waals surface area contributed by atoms with Gasteiger partial charge in [-0.25, -0.2) is 9.59 Å². The number of esters is 1. The number of hydrogen-bond acceptors (Lipinski definition) is 5. The topological polar surface area (TPSA) is 89.9 Å². The van der Waals surface area contributed by atoms with E-state index in [0.29, 0.717) is 0 Å². The molecule has 0 radical (unpaired) electrons. The second-order valence-electron chi connectivity index (χ2n) is 3.80. The van der Waals surface area contributed by atoms with Crippen molar-refractivity contribution in [1.82, 2.24) is 0 Å². The summed E-state index contributed by atoms with van der Waals surface area (Å²) in [6, 6.07) is 3.71. The van der Waals surface area contributed by atoms with Crippen LogP contribution in [0.25, 0.3) is 0 Å². The van der Waals surface area contributed by atoms with E-state index in [1.54, 1.807) is 0 Å². The predicted octanol–water partition coefficient (Wildman–Crippen LogP) is 1.90. The van der Waals surface area contributed by atoms with Crippen molar-refractivity contribution in [2.45, 2.75) is 6.92 Å².